The van der Waals surface area contributed by atoms with Crippen LogP contribution in [0.5, 0.6) is 0 Å². The number of imidazole rings is 1. The Labute approximate surface area is 239 Å². The molecule has 0 bridgehead atoms. The first-order valence-corrected chi connectivity index (χ1v) is 15.8. The highest BCUT2D eigenvalue weighted by atomic mass is 32.2. The van der Waals surface area contributed by atoms with Gasteiger partial charge in [-0.05, 0) is 82.9 Å². The molecule has 0 amide bonds. The van der Waals surface area contributed by atoms with E-state index in [0.29, 0.717) is 22.7 Å². The maximum absolute atomic E-state index is 15.0. The summed E-state index contributed by atoms with van der Waals surface area (Å²) in [6.45, 7) is 10.6. The number of nitrogens with zero attached hydrogens (tertiary/aromatic N) is 6. The molecule has 1 aromatic carbocycles. The van der Waals surface area contributed by atoms with Crippen molar-refractivity contribution in [2.75, 3.05) is 31.2 Å². The highest BCUT2D eigenvalue weighted by Gasteiger charge is 2.34. The van der Waals surface area contributed by atoms with Gasteiger partial charge in [0, 0.05) is 24.1 Å². The molecule has 0 spiro atoms. The number of anilines is 2. The first-order chi connectivity index (χ1) is 19.5. The summed E-state index contributed by atoms with van der Waals surface area (Å²) in [6.07, 6.45) is 5.47. The standard InChI is InChI=1S/C29H35F2N7O2S/c1-6-37-11-9-19(10-12-37)28(41(5,39)40)20-7-8-25(32-15-20)35-29-33-16-23(31)26(36-29)21-13-22(30)27-24(14-21)38(17(2)3)18(4)34-27/h7-8,13-17,19,28H,6,9-12H2,1-5H3,(H,32,33,35,36)/t28-/m0/s1. The lowest BCUT2D eigenvalue weighted by molar-refractivity contribution is 0.188. The van der Waals surface area contributed by atoms with Crippen molar-refractivity contribution in [2.24, 2.45) is 5.92 Å². The van der Waals surface area contributed by atoms with Gasteiger partial charge in [0.2, 0.25) is 5.95 Å². The van der Waals surface area contributed by atoms with Crippen molar-refractivity contribution in [3.63, 3.8) is 0 Å². The van der Waals surface area contributed by atoms with Crippen LogP contribution in [-0.4, -0.2) is 63.7 Å². The van der Waals surface area contributed by atoms with Gasteiger partial charge in [-0.25, -0.2) is 37.1 Å². The Balaban J connectivity index is 1.41. The molecule has 5 rings (SSSR count). The summed E-state index contributed by atoms with van der Waals surface area (Å²) in [7, 11) is -3.36. The maximum atomic E-state index is 15.0. The second-order valence-corrected chi connectivity index (χ2v) is 13.1. The zero-order valence-corrected chi connectivity index (χ0v) is 24.7. The minimum absolute atomic E-state index is 0.0184. The first-order valence-electron chi connectivity index (χ1n) is 13.8. The normalized spacial score (nSPS) is 16.0. The van der Waals surface area contributed by atoms with Gasteiger partial charge in [0.05, 0.1) is 17.0 Å². The molecule has 1 saturated heterocycles. The summed E-state index contributed by atoms with van der Waals surface area (Å²) in [6, 6.07) is 6.34. The Kier molecular flexibility index (Phi) is 8.06. The van der Waals surface area contributed by atoms with E-state index < -0.39 is 26.7 Å². The number of likely N-dealkylation sites (tertiary alicyclic amines) is 1. The van der Waals surface area contributed by atoms with Crippen molar-refractivity contribution >= 4 is 32.6 Å². The fourth-order valence-corrected chi connectivity index (χ4v) is 7.50. The van der Waals surface area contributed by atoms with E-state index in [1.165, 1.54) is 12.3 Å². The Hall–Kier alpha value is -3.51. The Morgan fingerprint density at radius 3 is 2.39 bits per heavy atom. The van der Waals surface area contributed by atoms with Crippen LogP contribution in [0, 0.1) is 24.5 Å². The van der Waals surface area contributed by atoms with Crippen LogP contribution in [0.25, 0.3) is 22.3 Å². The van der Waals surface area contributed by atoms with Gasteiger partial charge in [-0.2, -0.15) is 0 Å². The zero-order chi connectivity index (χ0) is 29.5. The van der Waals surface area contributed by atoms with Gasteiger partial charge in [-0.1, -0.05) is 13.0 Å². The van der Waals surface area contributed by atoms with E-state index in [-0.39, 0.29) is 34.7 Å². The third-order valence-electron chi connectivity index (χ3n) is 7.78. The number of benzene rings is 1. The highest BCUT2D eigenvalue weighted by molar-refractivity contribution is 7.90. The molecule has 12 heteroatoms. The van der Waals surface area contributed by atoms with Gasteiger partial charge in [-0.3, -0.25) is 0 Å². The summed E-state index contributed by atoms with van der Waals surface area (Å²) in [5, 5.41) is 2.32. The maximum Gasteiger partial charge on any atom is 0.229 e. The predicted molar refractivity (Wildman–Crippen MR) is 156 cm³/mol. The van der Waals surface area contributed by atoms with Gasteiger partial charge >= 0.3 is 0 Å². The zero-order valence-electron chi connectivity index (χ0n) is 23.9. The fraction of sp³-hybridized carbons (Fsp3) is 0.448. The summed E-state index contributed by atoms with van der Waals surface area (Å²) in [5.74, 6) is -0.141. The number of hydrogen-bond donors (Lipinski definition) is 1. The van der Waals surface area contributed by atoms with E-state index in [9.17, 15) is 12.8 Å². The molecule has 1 atom stereocenters. The van der Waals surface area contributed by atoms with Crippen LogP contribution in [0.4, 0.5) is 20.5 Å². The van der Waals surface area contributed by atoms with Crippen molar-refractivity contribution in [2.45, 2.75) is 51.8 Å². The van der Waals surface area contributed by atoms with Gasteiger partial charge in [0.15, 0.2) is 21.5 Å². The average Bonchev–Trinajstić information content (AvgIpc) is 3.27. The number of fused-ring (bicyclic) bond motifs is 1. The van der Waals surface area contributed by atoms with Crippen LogP contribution in [0.2, 0.25) is 0 Å². The smallest absolute Gasteiger partial charge is 0.229 e. The lowest BCUT2D eigenvalue weighted by Crippen LogP contribution is -2.37. The number of hydrogen-bond acceptors (Lipinski definition) is 8. The van der Waals surface area contributed by atoms with Crippen molar-refractivity contribution in [1.82, 2.24) is 29.4 Å². The molecule has 9 nitrogen and oxygen atoms in total. The quantitative estimate of drug-likeness (QED) is 0.285. The van der Waals surface area contributed by atoms with E-state index in [0.717, 1.165) is 38.7 Å². The van der Waals surface area contributed by atoms with Gasteiger partial charge < -0.3 is 14.8 Å². The number of sulfone groups is 1. The molecule has 4 aromatic rings. The molecule has 1 aliphatic rings. The molecule has 4 heterocycles. The Morgan fingerprint density at radius 2 is 1.78 bits per heavy atom. The number of pyridine rings is 1. The predicted octanol–water partition coefficient (Wildman–Crippen LogP) is 5.62. The van der Waals surface area contributed by atoms with Gasteiger partial charge in [0.1, 0.15) is 22.9 Å². The molecular weight excluding hydrogens is 548 g/mol. The molecule has 0 aliphatic carbocycles. The molecular formula is C29H35F2N7O2S. The van der Waals surface area contributed by atoms with Crippen LogP contribution >= 0.6 is 0 Å². The van der Waals surface area contributed by atoms with Crippen LogP contribution in [0.3, 0.4) is 0 Å². The Morgan fingerprint density at radius 1 is 1.05 bits per heavy atom. The van der Waals surface area contributed by atoms with Crippen molar-refractivity contribution in [3.05, 3.63) is 59.7 Å². The van der Waals surface area contributed by atoms with E-state index >= 15 is 4.39 Å². The fourth-order valence-electron chi connectivity index (χ4n) is 5.89. The third-order valence-corrected chi connectivity index (χ3v) is 9.36. The summed E-state index contributed by atoms with van der Waals surface area (Å²) >= 11 is 0. The molecule has 218 valence electrons. The SMILES string of the molecule is CCN1CCC([C@@H](c2ccc(Nc3ncc(F)c(-c4cc(F)c5nc(C)n(C(C)C)c5c4)n3)nc2)S(C)(=O)=O)CC1. The number of nitrogens with one attached hydrogen (secondary N) is 1. The summed E-state index contributed by atoms with van der Waals surface area (Å²) in [4.78, 5) is 19.4. The van der Waals surface area contributed by atoms with Crippen LogP contribution in [0.1, 0.15) is 56.3 Å². The van der Waals surface area contributed by atoms with Crippen LogP contribution < -0.4 is 5.32 Å². The van der Waals surface area contributed by atoms with E-state index in [2.05, 4.69) is 37.1 Å². The largest absolute Gasteiger partial charge is 0.326 e. The average molecular weight is 584 g/mol. The van der Waals surface area contributed by atoms with E-state index in [4.69, 9.17) is 0 Å². The number of halogens is 2. The molecule has 1 N–H and O–H groups in total. The minimum atomic E-state index is -3.36. The number of aryl methyl sites for hydroxylation is 1. The number of aromatic nitrogens is 5. The van der Waals surface area contributed by atoms with E-state index in [1.807, 2.05) is 18.4 Å². The molecule has 3 aromatic heterocycles. The minimum Gasteiger partial charge on any atom is -0.326 e. The highest BCUT2D eigenvalue weighted by Crippen LogP contribution is 2.37. The number of piperidine rings is 1. The molecule has 1 aliphatic heterocycles. The molecule has 0 saturated carbocycles. The second-order valence-electron chi connectivity index (χ2n) is 11.0. The van der Waals surface area contributed by atoms with Gasteiger partial charge in [-0.15, -0.1) is 0 Å². The monoisotopic (exact) mass is 583 g/mol. The molecule has 0 radical (unpaired) electrons. The summed E-state index contributed by atoms with van der Waals surface area (Å²) in [5.41, 5.74) is 1.60. The van der Waals surface area contributed by atoms with E-state index in [1.54, 1.807) is 31.3 Å². The lowest BCUT2D eigenvalue weighted by atomic mass is 9.90. The topological polar surface area (TPSA) is 106 Å². The van der Waals surface area contributed by atoms with Crippen molar-refractivity contribution in [3.8, 4) is 11.3 Å². The molecule has 41 heavy (non-hydrogen) atoms. The molecule has 1 fully saturated rings. The summed E-state index contributed by atoms with van der Waals surface area (Å²) < 4.78 is 57.4. The van der Waals surface area contributed by atoms with Gasteiger partial charge in [0.25, 0.3) is 0 Å². The van der Waals surface area contributed by atoms with Crippen molar-refractivity contribution in [1.29, 1.82) is 0 Å². The first kappa shape index (κ1) is 29.0. The number of rotatable bonds is 8. The van der Waals surface area contributed by atoms with Crippen LogP contribution in [-0.2, 0) is 9.84 Å². The third kappa shape index (κ3) is 5.94. The Bertz CT molecular complexity index is 1660. The molecule has 0 unspecified atom stereocenters. The second kappa shape index (κ2) is 11.4. The van der Waals surface area contributed by atoms with Crippen LogP contribution in [0.15, 0.2) is 36.7 Å². The van der Waals surface area contributed by atoms with Crippen molar-refractivity contribution < 1.29 is 17.2 Å². The lowest BCUT2D eigenvalue weighted by Gasteiger charge is -2.35.